The van der Waals surface area contributed by atoms with Gasteiger partial charge < -0.3 is 5.32 Å². The van der Waals surface area contributed by atoms with Gasteiger partial charge in [-0.1, -0.05) is 55.6 Å². The first-order chi connectivity index (χ1) is 11.7. The van der Waals surface area contributed by atoms with Crippen molar-refractivity contribution in [3.63, 3.8) is 0 Å². The second kappa shape index (κ2) is 6.94. The van der Waals surface area contributed by atoms with Gasteiger partial charge in [0.05, 0.1) is 21.3 Å². The van der Waals surface area contributed by atoms with E-state index >= 15 is 0 Å². The SMILES string of the molecule is CC(=O)Nc1c(Cl)c(C(C)(C)C)nn1-c1c(Cl)cc(C(F)(F)F)cc1Cl. The number of aromatic nitrogens is 2. The standard InChI is InChI=1S/C16H15Cl3F3N3O/c1-7(26)23-14-11(19)13(15(2,3)4)24-25(14)12-9(17)5-8(6-10(12)18)16(20,21)22/h5-6H,1-4H3,(H,23,26). The summed E-state index contributed by atoms with van der Waals surface area (Å²) < 4.78 is 40.0. The predicted octanol–water partition coefficient (Wildman–Crippen LogP) is 6.11. The van der Waals surface area contributed by atoms with E-state index in [1.54, 1.807) is 0 Å². The zero-order valence-electron chi connectivity index (χ0n) is 14.2. The predicted molar refractivity (Wildman–Crippen MR) is 96.6 cm³/mol. The van der Waals surface area contributed by atoms with E-state index in [9.17, 15) is 18.0 Å². The van der Waals surface area contributed by atoms with Gasteiger partial charge in [0.2, 0.25) is 5.91 Å². The molecule has 0 saturated heterocycles. The number of nitrogens with zero attached hydrogens (tertiary/aromatic N) is 2. The number of alkyl halides is 3. The van der Waals surface area contributed by atoms with Gasteiger partial charge in [-0.2, -0.15) is 18.3 Å². The van der Waals surface area contributed by atoms with Crippen LogP contribution in [0.3, 0.4) is 0 Å². The molecule has 0 saturated carbocycles. The fourth-order valence-corrected chi connectivity index (χ4v) is 3.34. The van der Waals surface area contributed by atoms with Gasteiger partial charge in [-0.25, -0.2) is 4.68 Å². The number of carbonyl (C=O) groups is 1. The highest BCUT2D eigenvalue weighted by Gasteiger charge is 2.33. The van der Waals surface area contributed by atoms with Gasteiger partial charge in [0.15, 0.2) is 5.82 Å². The lowest BCUT2D eigenvalue weighted by molar-refractivity contribution is -0.137. The molecule has 1 aromatic heterocycles. The molecule has 0 aliphatic rings. The molecule has 0 spiro atoms. The number of rotatable bonds is 2. The molecule has 4 nitrogen and oxygen atoms in total. The summed E-state index contributed by atoms with van der Waals surface area (Å²) >= 11 is 18.5. The van der Waals surface area contributed by atoms with Crippen LogP contribution < -0.4 is 5.32 Å². The molecule has 0 bridgehead atoms. The van der Waals surface area contributed by atoms with E-state index in [0.29, 0.717) is 5.69 Å². The molecule has 2 rings (SSSR count). The van der Waals surface area contributed by atoms with E-state index in [-0.39, 0.29) is 26.6 Å². The zero-order chi connectivity index (χ0) is 20.0. The lowest BCUT2D eigenvalue weighted by Gasteiger charge is -2.15. The maximum absolute atomic E-state index is 12.9. The van der Waals surface area contributed by atoms with Gasteiger partial charge in [0.25, 0.3) is 0 Å². The zero-order valence-corrected chi connectivity index (χ0v) is 16.5. The molecule has 0 aliphatic carbocycles. The van der Waals surface area contributed by atoms with E-state index in [1.165, 1.54) is 6.92 Å². The molecular formula is C16H15Cl3F3N3O. The number of hydrogen-bond acceptors (Lipinski definition) is 2. The van der Waals surface area contributed by atoms with Crippen LogP contribution in [0.1, 0.15) is 39.0 Å². The van der Waals surface area contributed by atoms with Crippen LogP contribution in [0.5, 0.6) is 0 Å². The minimum Gasteiger partial charge on any atom is -0.310 e. The van der Waals surface area contributed by atoms with Crippen molar-refractivity contribution in [1.29, 1.82) is 0 Å². The minimum absolute atomic E-state index is 0.0116. The maximum Gasteiger partial charge on any atom is 0.416 e. The Balaban J connectivity index is 2.78. The highest BCUT2D eigenvalue weighted by atomic mass is 35.5. The van der Waals surface area contributed by atoms with Gasteiger partial charge in [-0.3, -0.25) is 4.79 Å². The van der Waals surface area contributed by atoms with Crippen LogP contribution in [0.2, 0.25) is 15.1 Å². The van der Waals surface area contributed by atoms with Crippen LogP contribution in [0.15, 0.2) is 12.1 Å². The van der Waals surface area contributed by atoms with Crippen molar-refractivity contribution in [2.45, 2.75) is 39.3 Å². The molecule has 2 aromatic rings. The molecule has 1 amide bonds. The van der Waals surface area contributed by atoms with Crippen LogP contribution in [0.4, 0.5) is 19.0 Å². The summed E-state index contributed by atoms with van der Waals surface area (Å²) in [6.07, 6.45) is -4.61. The van der Waals surface area contributed by atoms with Gasteiger partial charge in [-0.05, 0) is 12.1 Å². The largest absolute Gasteiger partial charge is 0.416 e. The first-order valence-electron chi connectivity index (χ1n) is 7.36. The molecule has 26 heavy (non-hydrogen) atoms. The number of benzene rings is 1. The summed E-state index contributed by atoms with van der Waals surface area (Å²) in [7, 11) is 0. The molecule has 0 unspecified atom stereocenters. The summed E-state index contributed by atoms with van der Waals surface area (Å²) in [5.74, 6) is -0.361. The van der Waals surface area contributed by atoms with E-state index in [0.717, 1.165) is 16.8 Å². The van der Waals surface area contributed by atoms with E-state index in [2.05, 4.69) is 10.4 Å². The summed E-state index contributed by atoms with van der Waals surface area (Å²) in [6, 6.07) is 1.49. The second-order valence-corrected chi connectivity index (χ2v) is 7.83. The van der Waals surface area contributed by atoms with Gasteiger partial charge in [0.1, 0.15) is 10.7 Å². The van der Waals surface area contributed by atoms with E-state index < -0.39 is 23.1 Å². The Morgan fingerprint density at radius 3 is 2.00 bits per heavy atom. The number of hydrogen-bond donors (Lipinski definition) is 1. The number of amides is 1. The Kier molecular flexibility index (Phi) is 5.57. The van der Waals surface area contributed by atoms with Crippen LogP contribution >= 0.6 is 34.8 Å². The second-order valence-electron chi connectivity index (χ2n) is 6.64. The van der Waals surface area contributed by atoms with E-state index in [1.807, 2.05) is 20.8 Å². The third-order valence-corrected chi connectivity index (χ3v) is 4.32. The Morgan fingerprint density at radius 2 is 1.62 bits per heavy atom. The van der Waals surface area contributed by atoms with Gasteiger partial charge in [0, 0.05) is 12.3 Å². The van der Waals surface area contributed by atoms with Gasteiger partial charge >= 0.3 is 6.18 Å². The molecule has 1 aromatic carbocycles. The molecule has 1 N–H and O–H groups in total. The average molecular weight is 429 g/mol. The fourth-order valence-electron chi connectivity index (χ4n) is 2.25. The first-order valence-corrected chi connectivity index (χ1v) is 8.50. The van der Waals surface area contributed by atoms with Crippen molar-refractivity contribution in [2.75, 3.05) is 5.32 Å². The third-order valence-electron chi connectivity index (χ3n) is 3.39. The van der Waals surface area contributed by atoms with Crippen LogP contribution in [-0.2, 0) is 16.4 Å². The smallest absolute Gasteiger partial charge is 0.310 e. The molecule has 10 heteroatoms. The van der Waals surface area contributed by atoms with Crippen molar-refractivity contribution >= 4 is 46.5 Å². The number of halogens is 6. The summed E-state index contributed by atoms with van der Waals surface area (Å²) in [4.78, 5) is 11.5. The Labute approximate surface area is 163 Å². The Hall–Kier alpha value is -1.44. The molecule has 0 radical (unpaired) electrons. The van der Waals surface area contributed by atoms with Crippen molar-refractivity contribution < 1.29 is 18.0 Å². The maximum atomic E-state index is 12.9. The van der Waals surface area contributed by atoms with Crippen LogP contribution in [0, 0.1) is 0 Å². The lowest BCUT2D eigenvalue weighted by Crippen LogP contribution is -2.14. The number of anilines is 1. The summed E-state index contributed by atoms with van der Waals surface area (Å²) in [6.45, 7) is 6.80. The van der Waals surface area contributed by atoms with Crippen LogP contribution in [0.25, 0.3) is 5.69 Å². The molecular weight excluding hydrogens is 414 g/mol. The van der Waals surface area contributed by atoms with Crippen molar-refractivity contribution in [1.82, 2.24) is 9.78 Å². The third kappa shape index (κ3) is 4.10. The minimum atomic E-state index is -4.61. The van der Waals surface area contributed by atoms with Crippen LogP contribution in [-0.4, -0.2) is 15.7 Å². The molecule has 142 valence electrons. The highest BCUT2D eigenvalue weighted by molar-refractivity contribution is 6.38. The van der Waals surface area contributed by atoms with Crippen molar-refractivity contribution in [2.24, 2.45) is 0 Å². The molecule has 0 atom stereocenters. The monoisotopic (exact) mass is 427 g/mol. The summed E-state index contributed by atoms with van der Waals surface area (Å²) in [5.41, 5.74) is -1.08. The number of nitrogens with one attached hydrogen (secondary N) is 1. The first kappa shape index (κ1) is 20.9. The molecule has 1 heterocycles. The highest BCUT2D eigenvalue weighted by Crippen LogP contribution is 2.41. The quantitative estimate of drug-likeness (QED) is 0.627. The Bertz CT molecular complexity index is 847. The molecule has 0 fully saturated rings. The van der Waals surface area contributed by atoms with Crippen molar-refractivity contribution in [3.05, 3.63) is 38.5 Å². The lowest BCUT2D eigenvalue weighted by atomic mass is 9.92. The van der Waals surface area contributed by atoms with Crippen molar-refractivity contribution in [3.8, 4) is 5.69 Å². The van der Waals surface area contributed by atoms with E-state index in [4.69, 9.17) is 34.8 Å². The fraction of sp³-hybridized carbons (Fsp3) is 0.375. The number of carbonyl (C=O) groups excluding carboxylic acids is 1. The normalized spacial score (nSPS) is 12.4. The summed E-state index contributed by atoms with van der Waals surface area (Å²) in [5, 5.41) is 6.45. The molecule has 0 aliphatic heterocycles. The average Bonchev–Trinajstić information content (AvgIpc) is 2.74. The Morgan fingerprint density at radius 1 is 1.12 bits per heavy atom. The topological polar surface area (TPSA) is 46.9 Å². The van der Waals surface area contributed by atoms with Gasteiger partial charge in [-0.15, -0.1) is 0 Å².